The molecule has 27 heavy (non-hydrogen) atoms. The molecule has 1 saturated heterocycles. The topological polar surface area (TPSA) is 97.4 Å². The molecule has 7 nitrogen and oxygen atoms in total. The van der Waals surface area contributed by atoms with Gasteiger partial charge in [0.05, 0.1) is 17.5 Å². The van der Waals surface area contributed by atoms with E-state index in [-0.39, 0.29) is 10.8 Å². The molecule has 0 bridgehead atoms. The Labute approximate surface area is 160 Å². The van der Waals surface area contributed by atoms with Crippen LogP contribution in [0.2, 0.25) is 0 Å². The van der Waals surface area contributed by atoms with Gasteiger partial charge in [-0.3, -0.25) is 9.69 Å². The summed E-state index contributed by atoms with van der Waals surface area (Å²) in [5.41, 5.74) is 2.20. The summed E-state index contributed by atoms with van der Waals surface area (Å²) in [5.74, 6) is 0.0114. The second kappa shape index (κ2) is 8.24. The highest BCUT2D eigenvalue weighted by Crippen LogP contribution is 2.31. The normalized spacial score (nSPS) is 17.9. The number of amides is 1. The van der Waals surface area contributed by atoms with Crippen LogP contribution in [0.1, 0.15) is 30.1 Å². The van der Waals surface area contributed by atoms with Crippen LogP contribution in [0.5, 0.6) is 0 Å². The van der Waals surface area contributed by atoms with Gasteiger partial charge in [0.15, 0.2) is 0 Å². The Hall–Kier alpha value is -2.16. The fourth-order valence-electron chi connectivity index (χ4n) is 3.60. The number of hydrogen-bond acceptors (Lipinski definition) is 4. The first-order chi connectivity index (χ1) is 12.8. The first-order valence-electron chi connectivity index (χ1n) is 9.08. The van der Waals surface area contributed by atoms with Crippen molar-refractivity contribution in [1.82, 2.24) is 14.8 Å². The first kappa shape index (κ1) is 19.6. The molecule has 0 spiro atoms. The molecule has 0 aliphatic carbocycles. The Kier molecular flexibility index (Phi) is 5.98. The van der Waals surface area contributed by atoms with E-state index in [0.29, 0.717) is 25.6 Å². The fraction of sp³-hybridized carbons (Fsp3) is 0.421. The average molecular weight is 391 g/mol. The maximum Gasteiger partial charge on any atom is 0.238 e. The summed E-state index contributed by atoms with van der Waals surface area (Å²) >= 11 is 0. The first-order valence-corrected chi connectivity index (χ1v) is 10.6. The molecule has 3 N–H and O–H groups in total. The zero-order valence-corrected chi connectivity index (χ0v) is 16.3. The highest BCUT2D eigenvalue weighted by atomic mass is 32.2. The number of hydrogen-bond donors (Lipinski definition) is 2. The number of nitrogens with one attached hydrogen (secondary N) is 1. The van der Waals surface area contributed by atoms with Gasteiger partial charge in [0.25, 0.3) is 0 Å². The number of primary sulfonamides is 1. The van der Waals surface area contributed by atoms with E-state index >= 15 is 0 Å². The van der Waals surface area contributed by atoms with E-state index in [1.165, 1.54) is 17.8 Å². The van der Waals surface area contributed by atoms with Crippen LogP contribution in [0.4, 0.5) is 0 Å². The van der Waals surface area contributed by atoms with Crippen LogP contribution in [0.3, 0.4) is 0 Å². The van der Waals surface area contributed by atoms with Gasteiger partial charge in [-0.15, -0.1) is 0 Å². The molecule has 3 rings (SSSR count). The highest BCUT2D eigenvalue weighted by Gasteiger charge is 2.28. The standard InChI is InChI=1S/C19H26N4O3S/c1-22-12-2-4-17(22)18-5-3-13-23(18)14-19(24)21-11-10-15-6-8-16(9-7-15)27(20,25)26/h2,4,6-9,12,18H,3,5,10-11,13-14H2,1H3,(H,21,24)(H2,20,25,26)/t18-/m0/s1. The minimum atomic E-state index is -3.67. The third kappa shape index (κ3) is 4.97. The van der Waals surface area contributed by atoms with Crippen molar-refractivity contribution in [2.45, 2.75) is 30.2 Å². The van der Waals surface area contributed by atoms with Gasteiger partial charge in [0.1, 0.15) is 0 Å². The Morgan fingerprint density at radius 2 is 2.00 bits per heavy atom. The smallest absolute Gasteiger partial charge is 0.238 e. The lowest BCUT2D eigenvalue weighted by atomic mass is 10.1. The summed E-state index contributed by atoms with van der Waals surface area (Å²) in [6, 6.07) is 10.9. The quantitative estimate of drug-likeness (QED) is 0.741. The predicted molar refractivity (Wildman–Crippen MR) is 103 cm³/mol. The summed E-state index contributed by atoms with van der Waals surface area (Å²) in [7, 11) is -1.64. The van der Waals surface area contributed by atoms with E-state index in [9.17, 15) is 13.2 Å². The van der Waals surface area contributed by atoms with Crippen LogP contribution in [0.15, 0.2) is 47.5 Å². The monoisotopic (exact) mass is 390 g/mol. The maximum atomic E-state index is 12.3. The van der Waals surface area contributed by atoms with Crippen molar-refractivity contribution in [1.29, 1.82) is 0 Å². The van der Waals surface area contributed by atoms with Crippen molar-refractivity contribution in [3.63, 3.8) is 0 Å². The third-order valence-corrected chi connectivity index (χ3v) is 5.95. The Morgan fingerprint density at radius 1 is 1.26 bits per heavy atom. The number of aromatic nitrogens is 1. The van der Waals surface area contributed by atoms with Crippen molar-refractivity contribution < 1.29 is 13.2 Å². The summed E-state index contributed by atoms with van der Waals surface area (Å²) < 4.78 is 24.6. The molecule has 2 aromatic rings. The van der Waals surface area contributed by atoms with Crippen LogP contribution < -0.4 is 10.5 Å². The van der Waals surface area contributed by atoms with Crippen molar-refractivity contribution in [2.75, 3.05) is 19.6 Å². The van der Waals surface area contributed by atoms with E-state index in [1.54, 1.807) is 12.1 Å². The molecule has 0 unspecified atom stereocenters. The summed E-state index contributed by atoms with van der Waals surface area (Å²) in [5, 5.41) is 8.04. The number of aryl methyl sites for hydroxylation is 1. The molecular weight excluding hydrogens is 364 g/mol. The minimum Gasteiger partial charge on any atom is -0.355 e. The molecule has 1 aliphatic heterocycles. The van der Waals surface area contributed by atoms with Gasteiger partial charge in [-0.25, -0.2) is 13.6 Å². The molecule has 1 aromatic heterocycles. The molecule has 0 radical (unpaired) electrons. The lowest BCUT2D eigenvalue weighted by molar-refractivity contribution is -0.122. The van der Waals surface area contributed by atoms with Gasteiger partial charge in [0.2, 0.25) is 15.9 Å². The zero-order valence-electron chi connectivity index (χ0n) is 15.5. The van der Waals surface area contributed by atoms with Crippen LogP contribution in [-0.2, 0) is 28.3 Å². The average Bonchev–Trinajstić information content (AvgIpc) is 3.23. The lowest BCUT2D eigenvalue weighted by Gasteiger charge is -2.24. The van der Waals surface area contributed by atoms with Crippen LogP contribution in [0, 0.1) is 0 Å². The molecule has 1 aliphatic rings. The fourth-order valence-corrected chi connectivity index (χ4v) is 4.12. The second-order valence-electron chi connectivity index (χ2n) is 6.96. The largest absolute Gasteiger partial charge is 0.355 e. The lowest BCUT2D eigenvalue weighted by Crippen LogP contribution is -2.38. The molecular formula is C19H26N4O3S. The molecule has 1 atom stereocenters. The van der Waals surface area contributed by atoms with Crippen LogP contribution in [-0.4, -0.2) is 43.4 Å². The van der Waals surface area contributed by atoms with Crippen molar-refractivity contribution >= 4 is 15.9 Å². The van der Waals surface area contributed by atoms with Crippen molar-refractivity contribution in [3.8, 4) is 0 Å². The summed E-state index contributed by atoms with van der Waals surface area (Å²) in [4.78, 5) is 14.6. The van der Waals surface area contributed by atoms with Crippen molar-refractivity contribution in [2.24, 2.45) is 12.2 Å². The summed E-state index contributed by atoms with van der Waals surface area (Å²) in [6.07, 6.45) is 4.84. The van der Waals surface area contributed by atoms with Gasteiger partial charge in [-0.1, -0.05) is 12.1 Å². The van der Waals surface area contributed by atoms with E-state index < -0.39 is 10.0 Å². The molecule has 1 fully saturated rings. The second-order valence-corrected chi connectivity index (χ2v) is 8.52. The van der Waals surface area contributed by atoms with Crippen molar-refractivity contribution in [3.05, 3.63) is 53.9 Å². The number of nitrogens with zero attached hydrogens (tertiary/aromatic N) is 2. The summed E-state index contributed by atoms with van der Waals surface area (Å²) in [6.45, 7) is 1.83. The number of likely N-dealkylation sites (tertiary alicyclic amines) is 1. The third-order valence-electron chi connectivity index (χ3n) is 5.02. The van der Waals surface area contributed by atoms with Gasteiger partial charge >= 0.3 is 0 Å². The van der Waals surface area contributed by atoms with E-state index in [1.807, 2.05) is 19.3 Å². The van der Waals surface area contributed by atoms with Gasteiger partial charge in [-0.05, 0) is 55.6 Å². The molecule has 1 aromatic carbocycles. The number of sulfonamides is 1. The van der Waals surface area contributed by atoms with Gasteiger partial charge < -0.3 is 9.88 Å². The van der Waals surface area contributed by atoms with E-state index in [0.717, 1.165) is 24.9 Å². The maximum absolute atomic E-state index is 12.3. The number of carbonyl (C=O) groups excluding carboxylic acids is 1. The molecule has 146 valence electrons. The van der Waals surface area contributed by atoms with E-state index in [4.69, 9.17) is 5.14 Å². The molecule has 2 heterocycles. The Balaban J connectivity index is 1.48. The number of rotatable bonds is 7. The minimum absolute atomic E-state index is 0.0114. The van der Waals surface area contributed by atoms with Crippen LogP contribution in [0.25, 0.3) is 0 Å². The number of benzene rings is 1. The van der Waals surface area contributed by atoms with Gasteiger partial charge in [-0.2, -0.15) is 0 Å². The molecule has 8 heteroatoms. The zero-order chi connectivity index (χ0) is 19.4. The van der Waals surface area contributed by atoms with Crippen LogP contribution >= 0.6 is 0 Å². The number of nitrogens with two attached hydrogens (primary N) is 1. The Morgan fingerprint density at radius 3 is 2.63 bits per heavy atom. The molecule has 0 saturated carbocycles. The highest BCUT2D eigenvalue weighted by molar-refractivity contribution is 7.89. The number of carbonyl (C=O) groups is 1. The molecule has 1 amide bonds. The Bertz CT molecular complexity index is 890. The SMILES string of the molecule is Cn1cccc1[C@@H]1CCCN1CC(=O)NCCc1ccc(S(N)(=O)=O)cc1. The van der Waals surface area contributed by atoms with E-state index in [2.05, 4.69) is 20.9 Å². The predicted octanol–water partition coefficient (Wildman–Crippen LogP) is 1.17. The van der Waals surface area contributed by atoms with Gasteiger partial charge in [0, 0.05) is 25.5 Å².